The van der Waals surface area contributed by atoms with E-state index in [9.17, 15) is 0 Å². The molecule has 0 aliphatic heterocycles. The highest BCUT2D eigenvalue weighted by atomic mass is 32.1. The van der Waals surface area contributed by atoms with E-state index in [1.807, 2.05) is 30.3 Å². The average molecular weight is 373 g/mol. The van der Waals surface area contributed by atoms with Crippen LogP contribution in [0.15, 0.2) is 45.9 Å². The van der Waals surface area contributed by atoms with Gasteiger partial charge in [0.1, 0.15) is 5.75 Å². The van der Waals surface area contributed by atoms with Gasteiger partial charge in [-0.1, -0.05) is 11.2 Å². The fourth-order valence-electron chi connectivity index (χ4n) is 2.72. The van der Waals surface area contributed by atoms with Crippen LogP contribution in [0.2, 0.25) is 0 Å². The second-order valence-electron chi connectivity index (χ2n) is 5.37. The van der Waals surface area contributed by atoms with Crippen molar-refractivity contribution < 1.29 is 23.5 Å². The summed E-state index contributed by atoms with van der Waals surface area (Å²) in [6, 6.07) is 9.30. The van der Waals surface area contributed by atoms with Crippen molar-refractivity contribution in [3.05, 3.63) is 36.5 Å². The SMILES string of the molecule is COc1ccc(-c2cnoc2-c2cc(OC)c(OC)c(OC)c2)cc1S. The lowest BCUT2D eigenvalue weighted by molar-refractivity contribution is 0.324. The van der Waals surface area contributed by atoms with Crippen molar-refractivity contribution in [1.29, 1.82) is 0 Å². The van der Waals surface area contributed by atoms with Gasteiger partial charge in [0.15, 0.2) is 17.3 Å². The predicted molar refractivity (Wildman–Crippen MR) is 101 cm³/mol. The molecule has 0 spiro atoms. The molecule has 0 aliphatic rings. The Hall–Kier alpha value is -2.80. The van der Waals surface area contributed by atoms with Gasteiger partial charge in [0.2, 0.25) is 5.75 Å². The van der Waals surface area contributed by atoms with Crippen LogP contribution < -0.4 is 18.9 Å². The molecule has 2 aromatic carbocycles. The summed E-state index contributed by atoms with van der Waals surface area (Å²) in [7, 11) is 6.30. The maximum absolute atomic E-state index is 5.52. The van der Waals surface area contributed by atoms with Crippen LogP contribution in [0.25, 0.3) is 22.5 Å². The van der Waals surface area contributed by atoms with Crippen molar-refractivity contribution in [1.82, 2.24) is 5.16 Å². The smallest absolute Gasteiger partial charge is 0.203 e. The van der Waals surface area contributed by atoms with Gasteiger partial charge in [-0.15, -0.1) is 12.6 Å². The largest absolute Gasteiger partial charge is 0.496 e. The molecular formula is C19H19NO5S. The molecule has 7 heteroatoms. The van der Waals surface area contributed by atoms with Crippen molar-refractivity contribution in [2.24, 2.45) is 0 Å². The Balaban J connectivity index is 2.13. The van der Waals surface area contributed by atoms with Gasteiger partial charge in [0.05, 0.1) is 34.6 Å². The number of methoxy groups -OCH3 is 4. The molecule has 3 rings (SSSR count). The first kappa shape index (κ1) is 18.0. The second kappa shape index (κ2) is 7.61. The Kier molecular flexibility index (Phi) is 5.27. The summed E-state index contributed by atoms with van der Waals surface area (Å²) >= 11 is 4.46. The molecule has 6 nitrogen and oxygen atoms in total. The van der Waals surface area contributed by atoms with Gasteiger partial charge in [-0.3, -0.25) is 0 Å². The molecule has 0 bridgehead atoms. The second-order valence-corrected chi connectivity index (χ2v) is 5.85. The van der Waals surface area contributed by atoms with E-state index in [4.69, 9.17) is 23.5 Å². The molecule has 0 aliphatic carbocycles. The van der Waals surface area contributed by atoms with Gasteiger partial charge in [0.25, 0.3) is 0 Å². The van der Waals surface area contributed by atoms with E-state index in [1.54, 1.807) is 34.6 Å². The van der Waals surface area contributed by atoms with Crippen LogP contribution in [0.1, 0.15) is 0 Å². The number of ether oxygens (including phenoxy) is 4. The summed E-state index contributed by atoms with van der Waals surface area (Å²) < 4.78 is 27.0. The minimum atomic E-state index is 0.516. The third-order valence-electron chi connectivity index (χ3n) is 3.99. The molecule has 0 unspecified atom stereocenters. The van der Waals surface area contributed by atoms with Crippen LogP contribution in [0.5, 0.6) is 23.0 Å². The molecular weight excluding hydrogens is 354 g/mol. The van der Waals surface area contributed by atoms with E-state index in [0.29, 0.717) is 28.8 Å². The van der Waals surface area contributed by atoms with Gasteiger partial charge in [-0.25, -0.2) is 0 Å². The summed E-state index contributed by atoms with van der Waals surface area (Å²) in [5.41, 5.74) is 2.47. The third-order valence-corrected chi connectivity index (χ3v) is 4.34. The molecule has 0 atom stereocenters. The van der Waals surface area contributed by atoms with E-state index in [1.165, 1.54) is 0 Å². The van der Waals surface area contributed by atoms with Gasteiger partial charge in [0, 0.05) is 16.0 Å². The summed E-state index contributed by atoms with van der Waals surface area (Å²) in [4.78, 5) is 0.724. The lowest BCUT2D eigenvalue weighted by Crippen LogP contribution is -1.95. The first-order chi connectivity index (χ1) is 12.6. The minimum absolute atomic E-state index is 0.516. The predicted octanol–water partition coefficient (Wildman–Crippen LogP) is 4.33. The molecule has 0 amide bonds. The standard InChI is InChI=1S/C19H19NO5S/c1-21-14-6-5-11(9-17(14)26)13-10-20-25-18(13)12-7-15(22-2)19(24-4)16(8-12)23-3/h5-10,26H,1-4H3. The number of hydrogen-bond acceptors (Lipinski definition) is 7. The summed E-state index contributed by atoms with van der Waals surface area (Å²) in [6.45, 7) is 0. The van der Waals surface area contributed by atoms with Gasteiger partial charge in [-0.05, 0) is 29.8 Å². The Bertz CT molecular complexity index is 897. The number of rotatable bonds is 6. The maximum Gasteiger partial charge on any atom is 0.203 e. The normalized spacial score (nSPS) is 10.5. The quantitative estimate of drug-likeness (QED) is 0.649. The van der Waals surface area contributed by atoms with E-state index < -0.39 is 0 Å². The minimum Gasteiger partial charge on any atom is -0.496 e. The molecule has 1 heterocycles. The van der Waals surface area contributed by atoms with Crippen molar-refractivity contribution in [2.75, 3.05) is 28.4 Å². The molecule has 0 radical (unpaired) electrons. The summed E-state index contributed by atoms with van der Waals surface area (Å²) in [5, 5.41) is 3.96. The highest BCUT2D eigenvalue weighted by molar-refractivity contribution is 7.80. The third kappa shape index (κ3) is 3.17. The first-order valence-electron chi connectivity index (χ1n) is 7.75. The highest BCUT2D eigenvalue weighted by Crippen LogP contribution is 2.43. The number of benzene rings is 2. The Morgan fingerprint density at radius 1 is 0.808 bits per heavy atom. The molecule has 3 aromatic rings. The Labute approximate surface area is 157 Å². The highest BCUT2D eigenvalue weighted by Gasteiger charge is 2.19. The zero-order valence-electron chi connectivity index (χ0n) is 14.9. The number of aromatic nitrogens is 1. The number of thiol groups is 1. The monoisotopic (exact) mass is 373 g/mol. The topological polar surface area (TPSA) is 63.0 Å². The van der Waals surface area contributed by atoms with Crippen LogP contribution in [-0.4, -0.2) is 33.6 Å². The van der Waals surface area contributed by atoms with Crippen molar-refractivity contribution in [2.45, 2.75) is 4.90 Å². The van der Waals surface area contributed by atoms with Crippen molar-refractivity contribution in [3.8, 4) is 45.4 Å². The molecule has 0 N–H and O–H groups in total. The molecule has 0 saturated carbocycles. The van der Waals surface area contributed by atoms with Gasteiger partial charge < -0.3 is 23.5 Å². The number of hydrogen-bond donors (Lipinski definition) is 1. The van der Waals surface area contributed by atoms with E-state index in [0.717, 1.165) is 21.6 Å². The molecule has 0 saturated heterocycles. The lowest BCUT2D eigenvalue weighted by Gasteiger charge is -2.13. The molecule has 136 valence electrons. The summed E-state index contributed by atoms with van der Waals surface area (Å²) in [6.07, 6.45) is 1.66. The average Bonchev–Trinajstić information content (AvgIpc) is 3.16. The maximum atomic E-state index is 5.52. The molecule has 1 aromatic heterocycles. The fraction of sp³-hybridized carbons (Fsp3) is 0.211. The van der Waals surface area contributed by atoms with Crippen molar-refractivity contribution in [3.63, 3.8) is 0 Å². The lowest BCUT2D eigenvalue weighted by atomic mass is 10.0. The van der Waals surface area contributed by atoms with Crippen LogP contribution in [-0.2, 0) is 0 Å². The van der Waals surface area contributed by atoms with E-state index >= 15 is 0 Å². The van der Waals surface area contributed by atoms with E-state index in [-0.39, 0.29) is 0 Å². The van der Waals surface area contributed by atoms with Crippen molar-refractivity contribution >= 4 is 12.6 Å². The Morgan fingerprint density at radius 3 is 2.00 bits per heavy atom. The van der Waals surface area contributed by atoms with E-state index in [2.05, 4.69) is 17.8 Å². The van der Waals surface area contributed by atoms with Crippen LogP contribution in [0.3, 0.4) is 0 Å². The fourth-order valence-corrected chi connectivity index (χ4v) is 3.03. The van der Waals surface area contributed by atoms with Crippen LogP contribution >= 0.6 is 12.6 Å². The number of nitrogens with zero attached hydrogens (tertiary/aromatic N) is 1. The summed E-state index contributed by atoms with van der Waals surface area (Å²) in [5.74, 6) is 2.87. The van der Waals surface area contributed by atoms with Crippen LogP contribution in [0.4, 0.5) is 0 Å². The van der Waals surface area contributed by atoms with Gasteiger partial charge >= 0.3 is 0 Å². The van der Waals surface area contributed by atoms with Crippen LogP contribution in [0, 0.1) is 0 Å². The zero-order valence-corrected chi connectivity index (χ0v) is 15.8. The molecule has 0 fully saturated rings. The van der Waals surface area contributed by atoms with Gasteiger partial charge in [-0.2, -0.15) is 0 Å². The zero-order chi connectivity index (χ0) is 18.7. The molecule has 26 heavy (non-hydrogen) atoms. The first-order valence-corrected chi connectivity index (χ1v) is 8.20. The Morgan fingerprint density at radius 2 is 1.46 bits per heavy atom.